The summed E-state index contributed by atoms with van der Waals surface area (Å²) >= 11 is 6.10. The predicted octanol–water partition coefficient (Wildman–Crippen LogP) is 6.81. The Morgan fingerprint density at radius 3 is 1.81 bits per heavy atom. The van der Waals surface area contributed by atoms with Gasteiger partial charge in [0.2, 0.25) is 0 Å². The highest BCUT2D eigenvalue weighted by molar-refractivity contribution is 6.31. The standard InChI is InChI=1S/C31H21ClN2O2/c32-23-18-16-21(17-19-23)20-26-27-28(22-10-4-1-5-11-22)33(24-12-6-2-7-13-24)31(36)29(27)34(30(26)35)25-14-8-3-9-15-25/h1-20,28H/b26-20+. The first-order chi connectivity index (χ1) is 17.6. The molecule has 4 nitrogen and oxygen atoms in total. The number of hydrogen-bond donors (Lipinski definition) is 0. The Bertz CT molecular complexity index is 1510. The molecule has 2 amide bonds. The van der Waals surface area contributed by atoms with E-state index in [1.165, 1.54) is 0 Å². The second-order valence-electron chi connectivity index (χ2n) is 8.67. The Hall–Kier alpha value is -4.41. The van der Waals surface area contributed by atoms with E-state index < -0.39 is 6.04 Å². The summed E-state index contributed by atoms with van der Waals surface area (Å²) in [5.74, 6) is -0.426. The molecule has 0 aromatic heterocycles. The first-order valence-corrected chi connectivity index (χ1v) is 12.1. The van der Waals surface area contributed by atoms with Gasteiger partial charge in [-0.05, 0) is 53.6 Å². The molecule has 1 unspecified atom stereocenters. The smallest absolute Gasteiger partial charge is 0.276 e. The topological polar surface area (TPSA) is 40.6 Å². The Labute approximate surface area is 214 Å². The van der Waals surface area contributed by atoms with E-state index in [-0.39, 0.29) is 11.8 Å². The van der Waals surface area contributed by atoms with Crippen molar-refractivity contribution in [2.75, 3.05) is 9.80 Å². The number of nitrogens with zero attached hydrogens (tertiary/aromatic N) is 2. The summed E-state index contributed by atoms with van der Waals surface area (Å²) in [5.41, 5.74) is 4.80. The maximum absolute atomic E-state index is 14.2. The van der Waals surface area contributed by atoms with Crippen molar-refractivity contribution in [2.24, 2.45) is 0 Å². The lowest BCUT2D eigenvalue weighted by Crippen LogP contribution is -2.38. The SMILES string of the molecule is O=C1/C(=C/c2ccc(Cl)cc2)C2=C(C(=O)N(c3ccccc3)C2c2ccccc2)N1c1ccccc1. The second-order valence-corrected chi connectivity index (χ2v) is 9.11. The minimum atomic E-state index is -0.452. The molecule has 5 heteroatoms. The molecule has 0 bridgehead atoms. The third kappa shape index (κ3) is 3.63. The number of rotatable bonds is 4. The molecule has 2 aliphatic rings. The lowest BCUT2D eigenvalue weighted by Gasteiger charge is -2.30. The molecule has 4 aromatic rings. The van der Waals surface area contributed by atoms with Crippen LogP contribution in [0.4, 0.5) is 11.4 Å². The van der Waals surface area contributed by atoms with Crippen LogP contribution in [0.3, 0.4) is 0 Å². The maximum atomic E-state index is 14.2. The molecule has 1 atom stereocenters. The Balaban J connectivity index is 1.61. The highest BCUT2D eigenvalue weighted by atomic mass is 35.5. The summed E-state index contributed by atoms with van der Waals surface area (Å²) in [6, 6.07) is 35.7. The van der Waals surface area contributed by atoms with Crippen LogP contribution in [0.5, 0.6) is 0 Å². The normalized spacial score (nSPS) is 18.4. The van der Waals surface area contributed by atoms with Gasteiger partial charge in [-0.1, -0.05) is 90.5 Å². The van der Waals surface area contributed by atoms with Crippen LogP contribution >= 0.6 is 11.6 Å². The van der Waals surface area contributed by atoms with E-state index in [0.717, 1.165) is 16.8 Å². The van der Waals surface area contributed by atoms with E-state index in [0.29, 0.717) is 27.6 Å². The van der Waals surface area contributed by atoms with Crippen LogP contribution in [-0.4, -0.2) is 11.8 Å². The largest absolute Gasteiger partial charge is 0.295 e. The second kappa shape index (κ2) is 8.99. The summed E-state index contributed by atoms with van der Waals surface area (Å²) in [7, 11) is 0. The van der Waals surface area contributed by atoms with Gasteiger partial charge in [-0.25, -0.2) is 0 Å². The molecular formula is C31H21ClN2O2. The monoisotopic (exact) mass is 488 g/mol. The molecule has 0 saturated heterocycles. The molecule has 0 spiro atoms. The minimum Gasteiger partial charge on any atom is -0.295 e. The Kier molecular flexibility index (Phi) is 5.51. The number of carbonyl (C=O) groups is 2. The van der Waals surface area contributed by atoms with Gasteiger partial charge in [0.25, 0.3) is 11.8 Å². The van der Waals surface area contributed by atoms with Crippen molar-refractivity contribution in [3.8, 4) is 0 Å². The molecule has 0 aliphatic carbocycles. The van der Waals surface area contributed by atoms with E-state index in [9.17, 15) is 9.59 Å². The van der Waals surface area contributed by atoms with E-state index in [2.05, 4.69) is 0 Å². The van der Waals surface area contributed by atoms with Crippen LogP contribution in [0.15, 0.2) is 132 Å². The molecule has 2 heterocycles. The number of amides is 2. The number of hydrogen-bond acceptors (Lipinski definition) is 2. The average Bonchev–Trinajstić information content (AvgIpc) is 3.37. The Morgan fingerprint density at radius 2 is 1.19 bits per heavy atom. The van der Waals surface area contributed by atoms with Gasteiger partial charge in [0, 0.05) is 27.5 Å². The summed E-state index contributed by atoms with van der Waals surface area (Å²) in [5, 5.41) is 0.620. The minimum absolute atomic E-state index is 0.207. The van der Waals surface area contributed by atoms with Crippen LogP contribution in [0, 0.1) is 0 Å². The quantitative estimate of drug-likeness (QED) is 0.296. The Morgan fingerprint density at radius 1 is 0.639 bits per heavy atom. The van der Waals surface area contributed by atoms with E-state index in [4.69, 9.17) is 11.6 Å². The number of halogens is 1. The van der Waals surface area contributed by atoms with Crippen molar-refractivity contribution in [3.63, 3.8) is 0 Å². The van der Waals surface area contributed by atoms with Crippen LogP contribution in [0.2, 0.25) is 5.02 Å². The lowest BCUT2D eigenvalue weighted by molar-refractivity contribution is -0.118. The van der Waals surface area contributed by atoms with Crippen molar-refractivity contribution in [3.05, 3.63) is 148 Å². The van der Waals surface area contributed by atoms with Gasteiger partial charge in [-0.3, -0.25) is 19.4 Å². The summed E-state index contributed by atoms with van der Waals surface area (Å²) < 4.78 is 0. The fourth-order valence-corrected chi connectivity index (χ4v) is 5.05. The van der Waals surface area contributed by atoms with Crippen molar-refractivity contribution < 1.29 is 9.59 Å². The molecule has 174 valence electrons. The molecule has 4 aromatic carbocycles. The number of para-hydroxylation sites is 2. The van der Waals surface area contributed by atoms with Gasteiger partial charge in [0.1, 0.15) is 5.70 Å². The van der Waals surface area contributed by atoms with Crippen LogP contribution in [0.25, 0.3) is 6.08 Å². The van der Waals surface area contributed by atoms with Crippen molar-refractivity contribution >= 4 is 40.9 Å². The van der Waals surface area contributed by atoms with Gasteiger partial charge in [-0.2, -0.15) is 0 Å². The summed E-state index contributed by atoms with van der Waals surface area (Å²) in [4.78, 5) is 31.5. The molecule has 0 N–H and O–H groups in total. The van der Waals surface area contributed by atoms with Gasteiger partial charge in [0.15, 0.2) is 0 Å². The van der Waals surface area contributed by atoms with E-state index in [1.54, 1.807) is 21.9 Å². The zero-order valence-corrected chi connectivity index (χ0v) is 20.0. The first-order valence-electron chi connectivity index (χ1n) is 11.7. The number of anilines is 2. The lowest BCUT2D eigenvalue weighted by atomic mass is 9.93. The number of benzene rings is 4. The highest BCUT2D eigenvalue weighted by Gasteiger charge is 2.52. The molecule has 36 heavy (non-hydrogen) atoms. The molecule has 0 fully saturated rings. The van der Waals surface area contributed by atoms with Crippen molar-refractivity contribution in [1.82, 2.24) is 0 Å². The zero-order chi connectivity index (χ0) is 24.6. The third-order valence-corrected chi connectivity index (χ3v) is 6.75. The molecule has 6 rings (SSSR count). The molecule has 0 radical (unpaired) electrons. The highest BCUT2D eigenvalue weighted by Crippen LogP contribution is 2.50. The van der Waals surface area contributed by atoms with Crippen LogP contribution in [-0.2, 0) is 9.59 Å². The number of carbonyl (C=O) groups excluding carboxylic acids is 2. The maximum Gasteiger partial charge on any atom is 0.276 e. The molecule has 2 aliphatic heterocycles. The first kappa shape index (κ1) is 22.1. The molecular weight excluding hydrogens is 468 g/mol. The molecule has 0 saturated carbocycles. The summed E-state index contributed by atoms with van der Waals surface area (Å²) in [6.07, 6.45) is 1.86. The third-order valence-electron chi connectivity index (χ3n) is 6.50. The van der Waals surface area contributed by atoms with Gasteiger partial charge < -0.3 is 0 Å². The van der Waals surface area contributed by atoms with E-state index >= 15 is 0 Å². The van der Waals surface area contributed by atoms with Crippen LogP contribution < -0.4 is 9.80 Å². The van der Waals surface area contributed by atoms with Gasteiger partial charge >= 0.3 is 0 Å². The van der Waals surface area contributed by atoms with E-state index in [1.807, 2.05) is 109 Å². The van der Waals surface area contributed by atoms with Gasteiger partial charge in [0.05, 0.1) is 6.04 Å². The predicted molar refractivity (Wildman–Crippen MR) is 143 cm³/mol. The fraction of sp³-hybridized carbons (Fsp3) is 0.0323. The van der Waals surface area contributed by atoms with Crippen molar-refractivity contribution in [1.29, 1.82) is 0 Å². The summed E-state index contributed by atoms with van der Waals surface area (Å²) in [6.45, 7) is 0. The van der Waals surface area contributed by atoms with Gasteiger partial charge in [-0.15, -0.1) is 0 Å². The van der Waals surface area contributed by atoms with Crippen molar-refractivity contribution in [2.45, 2.75) is 6.04 Å². The van der Waals surface area contributed by atoms with Crippen LogP contribution in [0.1, 0.15) is 17.2 Å². The average molecular weight is 489 g/mol. The zero-order valence-electron chi connectivity index (χ0n) is 19.2. The fourth-order valence-electron chi connectivity index (χ4n) is 4.93.